The molecule has 0 radical (unpaired) electrons. The van der Waals surface area contributed by atoms with E-state index in [0.29, 0.717) is 5.56 Å². The van der Waals surface area contributed by atoms with Crippen LogP contribution in [0.5, 0.6) is 0 Å². The molecule has 0 atom stereocenters. The van der Waals surface area contributed by atoms with Gasteiger partial charge in [0.1, 0.15) is 11.6 Å². The van der Waals surface area contributed by atoms with E-state index >= 15 is 0 Å². The van der Waals surface area contributed by atoms with E-state index in [1.54, 1.807) is 11.8 Å². The zero-order valence-electron chi connectivity index (χ0n) is 16.3. The Bertz CT molecular complexity index is 1420. The van der Waals surface area contributed by atoms with E-state index in [-0.39, 0.29) is 0 Å². The average Bonchev–Trinajstić information content (AvgIpc) is 2.83. The summed E-state index contributed by atoms with van der Waals surface area (Å²) in [6.45, 7) is 0. The molecule has 0 fully saturated rings. The first-order valence-corrected chi connectivity index (χ1v) is 10.9. The fourth-order valence-electron chi connectivity index (χ4n) is 3.83. The summed E-state index contributed by atoms with van der Waals surface area (Å²) in [6.07, 6.45) is 1.99. The standard InChI is InChI=1S/C26H17N3S/c1-30-26-21(16-27)19-14-8-9-15-20(19)24-25(26)29-23(18-12-6-3-7-13-18)22(28-24)17-10-4-2-5-11-17/h2-15H,1H3. The van der Waals surface area contributed by atoms with Crippen molar-refractivity contribution in [2.45, 2.75) is 4.90 Å². The molecule has 5 aromatic rings. The number of benzene rings is 4. The maximum Gasteiger partial charge on any atom is 0.105 e. The highest BCUT2D eigenvalue weighted by atomic mass is 32.2. The van der Waals surface area contributed by atoms with Gasteiger partial charge in [-0.3, -0.25) is 0 Å². The van der Waals surface area contributed by atoms with E-state index in [2.05, 4.69) is 18.2 Å². The van der Waals surface area contributed by atoms with Crippen molar-refractivity contribution in [2.24, 2.45) is 0 Å². The molecule has 0 spiro atoms. The van der Waals surface area contributed by atoms with Gasteiger partial charge >= 0.3 is 0 Å². The SMILES string of the molecule is CSc1c(C#N)c2ccccc2c2nc(-c3ccccc3)c(-c3ccccc3)nc12. The van der Waals surface area contributed by atoms with Crippen LogP contribution in [0.1, 0.15) is 5.56 Å². The van der Waals surface area contributed by atoms with Crippen LogP contribution in [-0.4, -0.2) is 16.2 Å². The highest BCUT2D eigenvalue weighted by Gasteiger charge is 2.20. The summed E-state index contributed by atoms with van der Waals surface area (Å²) in [5.74, 6) is 0. The van der Waals surface area contributed by atoms with Crippen molar-refractivity contribution in [1.29, 1.82) is 5.26 Å². The molecule has 0 saturated carbocycles. The van der Waals surface area contributed by atoms with Crippen LogP contribution < -0.4 is 0 Å². The number of nitriles is 1. The lowest BCUT2D eigenvalue weighted by Gasteiger charge is -2.15. The molecule has 0 aliphatic carbocycles. The molecule has 0 aliphatic heterocycles. The van der Waals surface area contributed by atoms with Crippen molar-refractivity contribution >= 4 is 33.6 Å². The minimum absolute atomic E-state index is 0.659. The molecule has 0 bridgehead atoms. The minimum atomic E-state index is 0.659. The van der Waals surface area contributed by atoms with Crippen LogP contribution in [0.2, 0.25) is 0 Å². The molecule has 3 nitrogen and oxygen atoms in total. The number of thioether (sulfide) groups is 1. The summed E-state index contributed by atoms with van der Waals surface area (Å²) in [5, 5.41) is 11.8. The number of hydrogen-bond donors (Lipinski definition) is 0. The number of aromatic nitrogens is 2. The summed E-state index contributed by atoms with van der Waals surface area (Å²) in [4.78, 5) is 11.1. The molecule has 5 rings (SSSR count). The maximum absolute atomic E-state index is 9.91. The number of nitrogens with zero attached hydrogens (tertiary/aromatic N) is 3. The third-order valence-corrected chi connectivity index (χ3v) is 6.01. The first-order valence-electron chi connectivity index (χ1n) is 9.63. The second kappa shape index (κ2) is 7.62. The lowest BCUT2D eigenvalue weighted by molar-refractivity contribution is 1.26. The first-order chi connectivity index (χ1) is 14.8. The van der Waals surface area contributed by atoms with Crippen LogP contribution in [-0.2, 0) is 0 Å². The van der Waals surface area contributed by atoms with Gasteiger partial charge in [0, 0.05) is 21.9 Å². The van der Waals surface area contributed by atoms with Gasteiger partial charge in [0.05, 0.1) is 27.4 Å². The van der Waals surface area contributed by atoms with Crippen LogP contribution in [0.15, 0.2) is 89.8 Å². The molecule has 0 aliphatic rings. The Morgan fingerprint density at radius 1 is 0.667 bits per heavy atom. The summed E-state index contributed by atoms with van der Waals surface area (Å²) < 4.78 is 0. The van der Waals surface area contributed by atoms with Gasteiger partial charge in [-0.15, -0.1) is 11.8 Å². The Hall–Kier alpha value is -3.68. The third-order valence-electron chi connectivity index (χ3n) is 5.20. The Morgan fingerprint density at radius 2 is 1.17 bits per heavy atom. The van der Waals surface area contributed by atoms with Crippen molar-refractivity contribution < 1.29 is 0 Å². The number of fused-ring (bicyclic) bond motifs is 3. The molecule has 0 unspecified atom stereocenters. The van der Waals surface area contributed by atoms with Crippen molar-refractivity contribution in [3.05, 3.63) is 90.5 Å². The van der Waals surface area contributed by atoms with Gasteiger partial charge in [0.15, 0.2) is 0 Å². The van der Waals surface area contributed by atoms with Crippen LogP contribution >= 0.6 is 11.8 Å². The maximum atomic E-state index is 9.91. The molecular weight excluding hydrogens is 386 g/mol. The molecule has 1 heterocycles. The molecule has 0 amide bonds. The zero-order chi connectivity index (χ0) is 20.5. The van der Waals surface area contributed by atoms with Gasteiger partial charge in [0.25, 0.3) is 0 Å². The van der Waals surface area contributed by atoms with Crippen molar-refractivity contribution in [3.8, 4) is 28.6 Å². The first kappa shape index (κ1) is 18.4. The lowest BCUT2D eigenvalue weighted by Crippen LogP contribution is -1.99. The fraction of sp³-hybridized carbons (Fsp3) is 0.0385. The van der Waals surface area contributed by atoms with E-state index in [1.165, 1.54) is 0 Å². The second-order valence-corrected chi connectivity index (χ2v) is 7.73. The molecule has 4 heteroatoms. The van der Waals surface area contributed by atoms with Crippen LogP contribution in [0.4, 0.5) is 0 Å². The fourth-order valence-corrected chi connectivity index (χ4v) is 4.53. The summed E-state index contributed by atoms with van der Waals surface area (Å²) in [7, 11) is 0. The van der Waals surface area contributed by atoms with Crippen molar-refractivity contribution in [1.82, 2.24) is 9.97 Å². The summed E-state index contributed by atoms with van der Waals surface area (Å²) >= 11 is 1.54. The van der Waals surface area contributed by atoms with E-state index in [4.69, 9.17) is 9.97 Å². The number of hydrogen-bond acceptors (Lipinski definition) is 4. The third kappa shape index (κ3) is 2.92. The molecule has 30 heavy (non-hydrogen) atoms. The summed E-state index contributed by atoms with van der Waals surface area (Å²) in [6, 6.07) is 30.6. The van der Waals surface area contributed by atoms with E-state index in [9.17, 15) is 5.26 Å². The predicted octanol–water partition coefficient (Wildman–Crippen LogP) is 6.71. The molecule has 1 aromatic heterocycles. The Morgan fingerprint density at radius 3 is 1.70 bits per heavy atom. The molecule has 0 saturated heterocycles. The van der Waals surface area contributed by atoms with E-state index < -0.39 is 0 Å². The van der Waals surface area contributed by atoms with Gasteiger partial charge in [-0.05, 0) is 6.26 Å². The van der Waals surface area contributed by atoms with E-state index in [1.807, 2.05) is 79.1 Å². The van der Waals surface area contributed by atoms with Gasteiger partial charge in [-0.25, -0.2) is 9.97 Å². The zero-order valence-corrected chi connectivity index (χ0v) is 17.1. The predicted molar refractivity (Wildman–Crippen MR) is 124 cm³/mol. The average molecular weight is 404 g/mol. The monoisotopic (exact) mass is 403 g/mol. The van der Waals surface area contributed by atoms with Gasteiger partial charge in [0.2, 0.25) is 0 Å². The Balaban J connectivity index is 1.99. The molecule has 142 valence electrons. The van der Waals surface area contributed by atoms with Gasteiger partial charge in [-0.2, -0.15) is 5.26 Å². The van der Waals surface area contributed by atoms with Crippen LogP contribution in [0, 0.1) is 11.3 Å². The highest BCUT2D eigenvalue weighted by molar-refractivity contribution is 7.98. The summed E-state index contributed by atoms with van der Waals surface area (Å²) in [5.41, 5.74) is 5.95. The van der Waals surface area contributed by atoms with Crippen LogP contribution in [0.3, 0.4) is 0 Å². The van der Waals surface area contributed by atoms with Crippen molar-refractivity contribution in [3.63, 3.8) is 0 Å². The normalized spacial score (nSPS) is 10.9. The van der Waals surface area contributed by atoms with Gasteiger partial charge in [-0.1, -0.05) is 84.9 Å². The molecular formula is C26H17N3S. The molecule has 4 aromatic carbocycles. The van der Waals surface area contributed by atoms with Crippen LogP contribution in [0.25, 0.3) is 44.3 Å². The van der Waals surface area contributed by atoms with Crippen molar-refractivity contribution in [2.75, 3.05) is 6.26 Å². The minimum Gasteiger partial charge on any atom is -0.243 e. The Kier molecular flexibility index (Phi) is 4.66. The largest absolute Gasteiger partial charge is 0.243 e. The van der Waals surface area contributed by atoms with E-state index in [0.717, 1.165) is 49.2 Å². The highest BCUT2D eigenvalue weighted by Crippen LogP contribution is 2.39. The molecule has 0 N–H and O–H groups in total. The quantitative estimate of drug-likeness (QED) is 0.248. The Labute approximate surface area is 179 Å². The number of rotatable bonds is 3. The topological polar surface area (TPSA) is 49.6 Å². The second-order valence-electron chi connectivity index (χ2n) is 6.92. The lowest BCUT2D eigenvalue weighted by atomic mass is 10.00. The smallest absolute Gasteiger partial charge is 0.105 e. The van der Waals surface area contributed by atoms with Gasteiger partial charge < -0.3 is 0 Å².